The van der Waals surface area contributed by atoms with Gasteiger partial charge in [-0.15, -0.1) is 0 Å². The average molecular weight is 1440 g/mol. The Balaban J connectivity index is 0.000000113. The van der Waals surface area contributed by atoms with Crippen LogP contribution in [0.25, 0.3) is 143 Å². The Kier molecular flexibility index (Phi) is 18.9. The zero-order valence-electron chi connectivity index (χ0n) is 60.5. The van der Waals surface area contributed by atoms with Gasteiger partial charge in [0.25, 0.3) is 0 Å². The highest BCUT2D eigenvalue weighted by Crippen LogP contribution is 2.37. The van der Waals surface area contributed by atoms with Crippen LogP contribution in [0.3, 0.4) is 0 Å². The van der Waals surface area contributed by atoms with Crippen LogP contribution in [-0.2, 0) is 5.41 Å². The fraction of sp³-hybridized carbons (Fsp3) is 0.0455. The van der Waals surface area contributed by atoms with Gasteiger partial charge in [-0.05, 0) is 127 Å². The van der Waals surface area contributed by atoms with Gasteiger partial charge in [0.15, 0.2) is 0 Å². The smallest absolute Gasteiger partial charge is 0.218 e. The fourth-order valence-corrected chi connectivity index (χ4v) is 12.9. The second kappa shape index (κ2) is 31.2. The number of nitrogens with zero attached hydrogens (tertiary/aromatic N) is 10. The van der Waals surface area contributed by atoms with Gasteiger partial charge in [0.1, 0.15) is 0 Å². The lowest BCUT2D eigenvalue weighted by Gasteiger charge is -2.19. The van der Waals surface area contributed by atoms with Gasteiger partial charge >= 0.3 is 0 Å². The summed E-state index contributed by atoms with van der Waals surface area (Å²) in [5.41, 5.74) is 15.8. The van der Waals surface area contributed by atoms with E-state index in [1.54, 1.807) is 24.3 Å². The molecule has 498 valence electrons. The van der Waals surface area contributed by atoms with E-state index in [1.807, 2.05) is 158 Å². The first-order chi connectivity index (χ1) is 52.3. The topological polar surface area (TPSA) is 129 Å². The molecule has 18 aromatic rings. The lowest BCUT2D eigenvalue weighted by Crippen LogP contribution is -2.10. The summed E-state index contributed by atoms with van der Waals surface area (Å²) in [7, 11) is 0. The third-order valence-electron chi connectivity index (χ3n) is 17.0. The Hall–Kier alpha value is -11.5. The molecular weight excluding hydrogens is 1370 g/mol. The SMILES string of the molecule is CC(C)(C)c1ccc(-c2nc(Cl)nc3ccccc23)cc1.Clc1nc(-c2ccc(-c3ccccc3)cc2)c2ccccc2n1.Clc1nc(-c2ccccc2)c2c(ccc3ccccc32)n1.Clc1nc(-c2ccccc2)c2ccc3ccccc3c2n1.[2H]c1c([2H])c([2H])c(-c2nc(Cl)nc3ccccc23)c([2H])c1[2H]. The number of para-hydroxylation sites is 3. The van der Waals surface area contributed by atoms with E-state index in [4.69, 9.17) is 64.9 Å². The van der Waals surface area contributed by atoms with E-state index in [9.17, 15) is 0 Å². The number of aromatic nitrogens is 10. The van der Waals surface area contributed by atoms with E-state index >= 15 is 0 Å². The zero-order valence-corrected chi connectivity index (χ0v) is 59.3. The molecule has 0 bridgehead atoms. The van der Waals surface area contributed by atoms with Crippen molar-refractivity contribution >= 4 is 134 Å². The van der Waals surface area contributed by atoms with E-state index in [0.29, 0.717) is 10.9 Å². The predicted molar refractivity (Wildman–Crippen MR) is 429 cm³/mol. The van der Waals surface area contributed by atoms with Gasteiger partial charge in [0.2, 0.25) is 26.4 Å². The van der Waals surface area contributed by atoms with Crippen molar-refractivity contribution in [1.82, 2.24) is 49.8 Å². The van der Waals surface area contributed by atoms with Crippen molar-refractivity contribution in [2.24, 2.45) is 0 Å². The van der Waals surface area contributed by atoms with E-state index in [2.05, 4.69) is 174 Å². The van der Waals surface area contributed by atoms with Crippen molar-refractivity contribution in [1.29, 1.82) is 0 Å². The molecule has 13 aromatic carbocycles. The first-order valence-electron chi connectivity index (χ1n) is 35.2. The molecule has 0 unspecified atom stereocenters. The molecule has 0 radical (unpaired) electrons. The summed E-state index contributed by atoms with van der Waals surface area (Å²) in [6.07, 6.45) is 0. The minimum absolute atomic E-state index is 0.0199. The van der Waals surface area contributed by atoms with Gasteiger partial charge in [-0.1, -0.05) is 306 Å². The lowest BCUT2D eigenvalue weighted by atomic mass is 9.86. The third kappa shape index (κ3) is 15.9. The van der Waals surface area contributed by atoms with Crippen LogP contribution >= 0.6 is 58.0 Å². The van der Waals surface area contributed by atoms with Crippen LogP contribution in [0, 0.1) is 0 Å². The van der Waals surface area contributed by atoms with Crippen molar-refractivity contribution in [3.8, 4) is 67.4 Å². The van der Waals surface area contributed by atoms with Crippen LogP contribution in [0.4, 0.5) is 0 Å². The van der Waals surface area contributed by atoms with Crippen molar-refractivity contribution in [3.63, 3.8) is 0 Å². The number of rotatable bonds is 6. The first kappa shape index (κ1) is 62.5. The molecule has 0 aliphatic carbocycles. The quantitative estimate of drug-likeness (QED) is 0.117. The molecule has 5 heterocycles. The second-order valence-electron chi connectivity index (χ2n) is 24.6. The van der Waals surface area contributed by atoms with Crippen LogP contribution in [-0.4, -0.2) is 49.8 Å². The highest BCUT2D eigenvalue weighted by molar-refractivity contribution is 6.31. The van der Waals surface area contributed by atoms with Crippen LogP contribution < -0.4 is 0 Å². The molecular formula is C88H61Cl5N10. The highest BCUT2D eigenvalue weighted by Gasteiger charge is 2.18. The largest absolute Gasteiger partial charge is 0.223 e. The van der Waals surface area contributed by atoms with E-state index in [0.717, 1.165) is 105 Å². The summed E-state index contributed by atoms with van der Waals surface area (Å²) < 4.78 is 39.3. The molecule has 0 N–H and O–H groups in total. The van der Waals surface area contributed by atoms with E-state index in [-0.39, 0.29) is 55.2 Å². The molecule has 0 aliphatic heterocycles. The maximum absolute atomic E-state index is 8.04. The third-order valence-corrected chi connectivity index (χ3v) is 17.8. The summed E-state index contributed by atoms with van der Waals surface area (Å²) in [4.78, 5) is 43.3. The predicted octanol–water partition coefficient (Wildman–Crippen LogP) is 25.0. The Labute approximate surface area is 627 Å². The molecule has 0 saturated carbocycles. The molecule has 0 amide bonds. The van der Waals surface area contributed by atoms with Gasteiger partial charge in [-0.25, -0.2) is 49.8 Å². The minimum atomic E-state index is -0.441. The number of hydrogen-bond acceptors (Lipinski definition) is 10. The Morgan fingerprint density at radius 3 is 1.07 bits per heavy atom. The molecule has 18 rings (SSSR count). The fourth-order valence-electron chi connectivity index (χ4n) is 12.1. The summed E-state index contributed by atoms with van der Waals surface area (Å²) in [5, 5.41) is 10.3. The van der Waals surface area contributed by atoms with Gasteiger partial charge in [0, 0.05) is 60.1 Å². The maximum Gasteiger partial charge on any atom is 0.223 e. The Morgan fingerprint density at radius 2 is 0.573 bits per heavy atom. The Bertz CT molecular complexity index is 6340. The number of benzene rings is 13. The van der Waals surface area contributed by atoms with Crippen molar-refractivity contribution < 1.29 is 6.85 Å². The van der Waals surface area contributed by atoms with Crippen LogP contribution in [0.5, 0.6) is 0 Å². The average Bonchev–Trinajstić information content (AvgIpc) is 0.772. The summed E-state index contributed by atoms with van der Waals surface area (Å²) in [6.45, 7) is 6.62. The van der Waals surface area contributed by atoms with Crippen molar-refractivity contribution in [3.05, 3.63) is 347 Å². The molecule has 10 nitrogen and oxygen atoms in total. The standard InChI is InChI=1S/C20H13ClN2.2C18H11ClN2.C18H17ClN2.C14H9ClN2/c21-20-22-18-9-5-4-8-17(18)19(23-20)16-12-10-15(11-13-16)14-6-2-1-3-7-14;19-18-20-15-11-10-12-6-4-5-9-14(12)16(15)17(21-18)13-7-2-1-3-8-13;19-18-20-16(13-7-2-1-3-8-13)15-11-10-12-6-4-5-9-14(12)17(15)21-18;1-18(2,3)13-10-8-12(9-11-13)16-14-6-4-5-7-15(14)20-17(19)21-16;15-14-16-12-9-5-4-8-11(12)13(17-14)10-6-2-1-3-7-10/h1-13H;2*1-11H;4-11H,1-3H3;1-9H/i;;;;1D,2D,3D,6D,7D. The van der Waals surface area contributed by atoms with Gasteiger partial charge in [0.05, 0.1) is 62.9 Å². The monoisotopic (exact) mass is 1440 g/mol. The summed E-state index contributed by atoms with van der Waals surface area (Å²) >= 11 is 30.3. The van der Waals surface area contributed by atoms with Crippen LogP contribution in [0.1, 0.15) is 33.2 Å². The molecule has 0 atom stereocenters. The van der Waals surface area contributed by atoms with Gasteiger partial charge < -0.3 is 0 Å². The lowest BCUT2D eigenvalue weighted by molar-refractivity contribution is 0.590. The molecule has 103 heavy (non-hydrogen) atoms. The number of halogens is 5. The minimum Gasteiger partial charge on any atom is -0.218 e. The van der Waals surface area contributed by atoms with E-state index < -0.39 is 18.1 Å². The molecule has 15 heteroatoms. The molecule has 5 aromatic heterocycles. The van der Waals surface area contributed by atoms with E-state index in [1.165, 1.54) is 22.1 Å². The summed E-state index contributed by atoms with van der Waals surface area (Å²) in [6, 6.07) is 92.9. The normalized spacial score (nSPS) is 11.8. The number of fused-ring (bicyclic) bond motifs is 9. The maximum atomic E-state index is 8.04. The molecule has 0 fully saturated rings. The zero-order chi connectivity index (χ0) is 75.2. The van der Waals surface area contributed by atoms with Crippen molar-refractivity contribution in [2.45, 2.75) is 26.2 Å². The summed E-state index contributed by atoms with van der Waals surface area (Å²) in [5.74, 6) is 0. The van der Waals surface area contributed by atoms with Gasteiger partial charge in [-0.3, -0.25) is 0 Å². The second-order valence-corrected chi connectivity index (χ2v) is 26.3. The van der Waals surface area contributed by atoms with Crippen LogP contribution in [0.2, 0.25) is 26.4 Å². The first-order valence-corrected chi connectivity index (χ1v) is 34.6. The van der Waals surface area contributed by atoms with Crippen LogP contribution in [0.15, 0.2) is 315 Å². The molecule has 0 aliphatic rings. The Morgan fingerprint density at radius 1 is 0.243 bits per heavy atom. The molecule has 0 spiro atoms. The highest BCUT2D eigenvalue weighted by atomic mass is 35.5. The van der Waals surface area contributed by atoms with Crippen molar-refractivity contribution in [2.75, 3.05) is 0 Å². The number of hydrogen-bond donors (Lipinski definition) is 0. The van der Waals surface area contributed by atoms with Gasteiger partial charge in [-0.2, -0.15) is 0 Å². The molecule has 0 saturated heterocycles.